The monoisotopic (exact) mass is 433 g/mol. The van der Waals surface area contributed by atoms with E-state index in [0.717, 1.165) is 33.6 Å². The van der Waals surface area contributed by atoms with Gasteiger partial charge in [0.15, 0.2) is 0 Å². The van der Waals surface area contributed by atoms with E-state index in [4.69, 9.17) is 4.98 Å². The fraction of sp³-hybridized carbons (Fsp3) is 0.400. The van der Waals surface area contributed by atoms with Crippen LogP contribution in [0.4, 0.5) is 5.69 Å². The highest BCUT2D eigenvalue weighted by Crippen LogP contribution is 2.34. The molecule has 160 valence electrons. The summed E-state index contributed by atoms with van der Waals surface area (Å²) in [5, 5.41) is 0.945. The first-order chi connectivity index (χ1) is 15.0. The number of hydrogen-bond donors (Lipinski definition) is 0. The Hall–Kier alpha value is -2.57. The van der Waals surface area contributed by atoms with Crippen molar-refractivity contribution in [1.82, 2.24) is 9.88 Å². The van der Waals surface area contributed by atoms with Gasteiger partial charge in [-0.25, -0.2) is 9.88 Å². The molecule has 1 saturated carbocycles. The van der Waals surface area contributed by atoms with Gasteiger partial charge in [0.25, 0.3) is 5.91 Å². The fourth-order valence-electron chi connectivity index (χ4n) is 4.86. The summed E-state index contributed by atoms with van der Waals surface area (Å²) >= 11 is 1.66. The lowest BCUT2D eigenvalue weighted by Crippen LogP contribution is -2.45. The standard InChI is InChI=1S/C25H27N3O2S/c1-16-8-13-20-22(14-16)31-24(26-20)17-9-11-19(12-10-17)28-23(29)15-21(25(28)30)27(2)18-6-4-3-5-7-18/h8-14,18,21H,3-7,15H2,1-2H3/t21-/m1/s1. The number of benzene rings is 2. The zero-order valence-electron chi connectivity index (χ0n) is 18.0. The summed E-state index contributed by atoms with van der Waals surface area (Å²) in [6, 6.07) is 14.0. The molecule has 3 aromatic rings. The molecule has 0 N–H and O–H groups in total. The van der Waals surface area contributed by atoms with Crippen LogP contribution in [0, 0.1) is 6.92 Å². The number of thiazole rings is 1. The van der Waals surface area contributed by atoms with Crippen LogP contribution in [-0.4, -0.2) is 40.8 Å². The summed E-state index contributed by atoms with van der Waals surface area (Å²) < 4.78 is 1.16. The van der Waals surface area contributed by atoms with Crippen LogP contribution < -0.4 is 4.90 Å². The number of carbonyl (C=O) groups excluding carboxylic acids is 2. The molecule has 1 saturated heterocycles. The number of imide groups is 1. The van der Waals surface area contributed by atoms with E-state index in [-0.39, 0.29) is 24.3 Å². The van der Waals surface area contributed by atoms with Gasteiger partial charge in [-0.2, -0.15) is 0 Å². The van der Waals surface area contributed by atoms with Gasteiger partial charge in [0, 0.05) is 11.6 Å². The highest BCUT2D eigenvalue weighted by Gasteiger charge is 2.43. The van der Waals surface area contributed by atoms with E-state index < -0.39 is 0 Å². The van der Waals surface area contributed by atoms with E-state index in [1.54, 1.807) is 11.3 Å². The summed E-state index contributed by atoms with van der Waals surface area (Å²) in [5.41, 5.74) is 3.86. The largest absolute Gasteiger partial charge is 0.292 e. The molecule has 1 aromatic heterocycles. The van der Waals surface area contributed by atoms with Crippen molar-refractivity contribution in [2.75, 3.05) is 11.9 Å². The second kappa shape index (κ2) is 8.17. The number of fused-ring (bicyclic) bond motifs is 1. The predicted octanol–water partition coefficient (Wildman–Crippen LogP) is 5.17. The number of likely N-dealkylation sites (N-methyl/N-ethyl adjacent to an activating group) is 1. The van der Waals surface area contributed by atoms with Crippen molar-refractivity contribution in [2.24, 2.45) is 0 Å². The highest BCUT2D eigenvalue weighted by atomic mass is 32.1. The van der Waals surface area contributed by atoms with Crippen LogP contribution in [0.1, 0.15) is 44.1 Å². The molecule has 1 aliphatic heterocycles. The zero-order valence-corrected chi connectivity index (χ0v) is 18.8. The van der Waals surface area contributed by atoms with Crippen molar-refractivity contribution in [1.29, 1.82) is 0 Å². The number of hydrogen-bond acceptors (Lipinski definition) is 5. The van der Waals surface area contributed by atoms with Crippen molar-refractivity contribution in [3.05, 3.63) is 48.0 Å². The zero-order chi connectivity index (χ0) is 21.5. The van der Waals surface area contributed by atoms with Crippen LogP contribution in [-0.2, 0) is 9.59 Å². The highest BCUT2D eigenvalue weighted by molar-refractivity contribution is 7.21. The first-order valence-corrected chi connectivity index (χ1v) is 11.9. The summed E-state index contributed by atoms with van der Waals surface area (Å²) in [6.45, 7) is 2.08. The number of aromatic nitrogens is 1. The number of carbonyl (C=O) groups is 2. The smallest absolute Gasteiger partial charge is 0.251 e. The van der Waals surface area contributed by atoms with E-state index in [9.17, 15) is 9.59 Å². The van der Waals surface area contributed by atoms with Crippen molar-refractivity contribution < 1.29 is 9.59 Å². The first-order valence-electron chi connectivity index (χ1n) is 11.1. The number of aryl methyl sites for hydroxylation is 1. The Bertz CT molecular complexity index is 1130. The van der Waals surface area contributed by atoms with Crippen molar-refractivity contribution in [3.63, 3.8) is 0 Å². The van der Waals surface area contributed by atoms with Crippen molar-refractivity contribution in [2.45, 2.75) is 57.5 Å². The summed E-state index contributed by atoms with van der Waals surface area (Å²) in [4.78, 5) is 34.2. The molecular formula is C25H27N3O2S. The third-order valence-electron chi connectivity index (χ3n) is 6.68. The Morgan fingerprint density at radius 2 is 1.77 bits per heavy atom. The minimum Gasteiger partial charge on any atom is -0.292 e. The Morgan fingerprint density at radius 3 is 2.52 bits per heavy atom. The van der Waals surface area contributed by atoms with Gasteiger partial charge in [-0.1, -0.05) is 25.3 Å². The molecule has 5 rings (SSSR count). The van der Waals surface area contributed by atoms with E-state index in [0.29, 0.717) is 11.7 Å². The molecule has 2 aromatic carbocycles. The van der Waals surface area contributed by atoms with E-state index in [1.165, 1.54) is 29.7 Å². The maximum atomic E-state index is 13.2. The number of amides is 2. The number of anilines is 1. The molecule has 0 bridgehead atoms. The molecule has 2 amide bonds. The van der Waals surface area contributed by atoms with Gasteiger partial charge < -0.3 is 0 Å². The molecule has 5 nitrogen and oxygen atoms in total. The lowest BCUT2D eigenvalue weighted by atomic mass is 9.93. The number of rotatable bonds is 4. The minimum absolute atomic E-state index is 0.0960. The van der Waals surface area contributed by atoms with Crippen molar-refractivity contribution in [3.8, 4) is 10.6 Å². The average molecular weight is 434 g/mol. The van der Waals surface area contributed by atoms with Crippen LogP contribution >= 0.6 is 11.3 Å². The molecular weight excluding hydrogens is 406 g/mol. The average Bonchev–Trinajstić information content (AvgIpc) is 3.34. The quantitative estimate of drug-likeness (QED) is 0.533. The Kier molecular flexibility index (Phi) is 5.36. The number of nitrogens with zero attached hydrogens (tertiary/aromatic N) is 3. The third kappa shape index (κ3) is 3.79. The van der Waals surface area contributed by atoms with E-state index in [1.807, 2.05) is 37.4 Å². The molecule has 1 atom stereocenters. The molecule has 2 heterocycles. The van der Waals surface area contributed by atoms with Crippen LogP contribution in [0.3, 0.4) is 0 Å². The van der Waals surface area contributed by atoms with Gasteiger partial charge in [-0.3, -0.25) is 14.5 Å². The summed E-state index contributed by atoms with van der Waals surface area (Å²) in [6.07, 6.45) is 6.19. The Balaban J connectivity index is 1.36. The normalized spacial score (nSPS) is 20.4. The van der Waals surface area contributed by atoms with Gasteiger partial charge in [-0.05, 0) is 68.8 Å². The topological polar surface area (TPSA) is 53.5 Å². The van der Waals surface area contributed by atoms with Crippen LogP contribution in [0.25, 0.3) is 20.8 Å². The molecule has 2 fully saturated rings. The van der Waals surface area contributed by atoms with E-state index in [2.05, 4.69) is 24.0 Å². The molecule has 31 heavy (non-hydrogen) atoms. The fourth-order valence-corrected chi connectivity index (χ4v) is 5.93. The van der Waals surface area contributed by atoms with Gasteiger partial charge >= 0.3 is 0 Å². The molecule has 0 spiro atoms. The first kappa shape index (κ1) is 20.3. The SMILES string of the molecule is Cc1ccc2nc(-c3ccc(N4C(=O)C[C@@H](N(C)C5CCCCC5)C4=O)cc3)sc2c1. The van der Waals surface area contributed by atoms with E-state index >= 15 is 0 Å². The maximum absolute atomic E-state index is 13.2. The van der Waals surface area contributed by atoms with Crippen molar-refractivity contribution >= 4 is 39.1 Å². The summed E-state index contributed by atoms with van der Waals surface area (Å²) in [7, 11) is 2.01. The Labute approximate surface area is 186 Å². The van der Waals surface area contributed by atoms with Gasteiger partial charge in [-0.15, -0.1) is 11.3 Å². The predicted molar refractivity (Wildman–Crippen MR) is 125 cm³/mol. The molecule has 0 unspecified atom stereocenters. The maximum Gasteiger partial charge on any atom is 0.251 e. The van der Waals surface area contributed by atoms with Gasteiger partial charge in [0.1, 0.15) is 5.01 Å². The lowest BCUT2D eigenvalue weighted by molar-refractivity contribution is -0.123. The lowest BCUT2D eigenvalue weighted by Gasteiger charge is -2.34. The molecule has 1 aliphatic carbocycles. The van der Waals surface area contributed by atoms with Crippen LogP contribution in [0.15, 0.2) is 42.5 Å². The molecule has 6 heteroatoms. The summed E-state index contributed by atoms with van der Waals surface area (Å²) in [5.74, 6) is -0.206. The van der Waals surface area contributed by atoms with Gasteiger partial charge in [0.05, 0.1) is 28.4 Å². The van der Waals surface area contributed by atoms with Gasteiger partial charge in [0.2, 0.25) is 5.91 Å². The molecule has 2 aliphatic rings. The van der Waals surface area contributed by atoms with Crippen LogP contribution in [0.2, 0.25) is 0 Å². The second-order valence-corrected chi connectivity index (χ2v) is 9.81. The Morgan fingerprint density at radius 1 is 1.03 bits per heavy atom. The second-order valence-electron chi connectivity index (χ2n) is 8.78. The third-order valence-corrected chi connectivity index (χ3v) is 7.75. The molecule has 0 radical (unpaired) electrons. The van der Waals surface area contributed by atoms with Crippen LogP contribution in [0.5, 0.6) is 0 Å². The minimum atomic E-state index is -0.345.